The van der Waals surface area contributed by atoms with E-state index in [1.165, 1.54) is 0 Å². The smallest absolute Gasteiger partial charge is 0.748 e. The Morgan fingerprint density at radius 1 is 1.38 bits per heavy atom. The molecule has 0 aliphatic carbocycles. The van der Waals surface area contributed by atoms with Gasteiger partial charge in [-0.3, -0.25) is 4.18 Å². The van der Waals surface area contributed by atoms with Crippen molar-refractivity contribution >= 4 is 20.2 Å². The second-order valence-electron chi connectivity index (χ2n) is 2.16. The largest absolute Gasteiger partial charge is 1.00 e. The summed E-state index contributed by atoms with van der Waals surface area (Å²) in [6, 6.07) is 8.97. The van der Waals surface area contributed by atoms with Gasteiger partial charge in [0.2, 0.25) is 0 Å². The zero-order valence-corrected chi connectivity index (χ0v) is 10.8. The van der Waals surface area contributed by atoms with Gasteiger partial charge in [-0.15, -0.1) is 0 Å². The van der Waals surface area contributed by atoms with Crippen LogP contribution in [0.2, 0.25) is 0 Å². The van der Waals surface area contributed by atoms with Crippen LogP contribution in [-0.2, 0) is 31.0 Å². The molecule has 1 rings (SSSR count). The predicted octanol–water partition coefficient (Wildman–Crippen LogP) is -2.00. The minimum atomic E-state index is -3.74. The molecule has 0 fully saturated rings. The average Bonchev–Trinajstić information content (AvgIpc) is 2.02. The molecule has 0 bridgehead atoms. The SMILES string of the molecule is O=S([O-])(=S)OCc1ccccc1.[Na+]. The van der Waals surface area contributed by atoms with Gasteiger partial charge in [-0.2, -0.15) is 0 Å². The molecule has 3 nitrogen and oxygen atoms in total. The Bertz CT molecular complexity index is 336. The van der Waals surface area contributed by atoms with Gasteiger partial charge in [0.25, 0.3) is 0 Å². The molecule has 0 N–H and O–H groups in total. The molecule has 66 valence electrons. The fraction of sp³-hybridized carbons (Fsp3) is 0.143. The minimum absolute atomic E-state index is 0. The van der Waals surface area contributed by atoms with Crippen LogP contribution in [0.3, 0.4) is 0 Å². The maximum absolute atomic E-state index is 10.4. The first-order valence-corrected chi connectivity index (χ1v) is 5.55. The Hall–Kier alpha value is 0.510. The van der Waals surface area contributed by atoms with E-state index in [-0.39, 0.29) is 36.2 Å². The molecule has 0 saturated heterocycles. The third-order valence-corrected chi connectivity index (χ3v) is 1.91. The van der Waals surface area contributed by atoms with Gasteiger partial charge in [0.1, 0.15) is 0 Å². The minimum Gasteiger partial charge on any atom is -0.748 e. The fourth-order valence-electron chi connectivity index (χ4n) is 0.714. The first-order chi connectivity index (χ1) is 5.58. The van der Waals surface area contributed by atoms with E-state index in [9.17, 15) is 8.76 Å². The summed E-state index contributed by atoms with van der Waals surface area (Å²) < 4.78 is 25.2. The topological polar surface area (TPSA) is 49.4 Å². The van der Waals surface area contributed by atoms with Crippen molar-refractivity contribution in [3.05, 3.63) is 35.9 Å². The molecule has 6 heteroatoms. The first-order valence-electron chi connectivity index (χ1n) is 3.22. The number of hydrogen-bond acceptors (Lipinski definition) is 4. The van der Waals surface area contributed by atoms with Crippen LogP contribution in [0.25, 0.3) is 0 Å². The van der Waals surface area contributed by atoms with Gasteiger partial charge in [-0.1, -0.05) is 30.3 Å². The van der Waals surface area contributed by atoms with Gasteiger partial charge in [0, 0.05) is 0 Å². The molecule has 0 aliphatic rings. The zero-order chi connectivity index (χ0) is 9.03. The fourth-order valence-corrected chi connectivity index (χ4v) is 1.14. The predicted molar refractivity (Wildman–Crippen MR) is 47.5 cm³/mol. The van der Waals surface area contributed by atoms with E-state index in [1.54, 1.807) is 24.3 Å². The second kappa shape index (κ2) is 6.08. The van der Waals surface area contributed by atoms with Crippen molar-refractivity contribution in [2.45, 2.75) is 6.61 Å². The molecule has 0 spiro atoms. The summed E-state index contributed by atoms with van der Waals surface area (Å²) in [6.07, 6.45) is 0. The summed E-state index contributed by atoms with van der Waals surface area (Å²) in [7, 11) is -3.74. The molecule has 0 aromatic heterocycles. The van der Waals surface area contributed by atoms with Gasteiger partial charge in [0.15, 0.2) is 0 Å². The van der Waals surface area contributed by atoms with Gasteiger partial charge >= 0.3 is 29.6 Å². The third kappa shape index (κ3) is 6.56. The number of hydrogen-bond donors (Lipinski definition) is 0. The molecule has 0 saturated carbocycles. The summed E-state index contributed by atoms with van der Waals surface area (Å²) >= 11 is 4.03. The number of rotatable bonds is 3. The van der Waals surface area contributed by atoms with Crippen LogP contribution in [0.1, 0.15) is 5.56 Å². The van der Waals surface area contributed by atoms with E-state index in [0.29, 0.717) is 0 Å². The van der Waals surface area contributed by atoms with Crippen molar-refractivity contribution in [2.75, 3.05) is 0 Å². The summed E-state index contributed by atoms with van der Waals surface area (Å²) in [4.78, 5) is 0. The van der Waals surface area contributed by atoms with Crippen molar-refractivity contribution < 1.29 is 42.5 Å². The summed E-state index contributed by atoms with van der Waals surface area (Å²) in [5.74, 6) is 0. The number of benzene rings is 1. The molecule has 0 amide bonds. The van der Waals surface area contributed by atoms with Gasteiger partial charge in [-0.05, 0) is 16.8 Å². The maximum Gasteiger partial charge on any atom is 1.00 e. The molecule has 1 aromatic carbocycles. The van der Waals surface area contributed by atoms with Crippen LogP contribution < -0.4 is 29.6 Å². The van der Waals surface area contributed by atoms with Crippen molar-refractivity contribution in [1.29, 1.82) is 0 Å². The van der Waals surface area contributed by atoms with E-state index in [2.05, 4.69) is 15.4 Å². The van der Waals surface area contributed by atoms with E-state index in [1.807, 2.05) is 6.07 Å². The van der Waals surface area contributed by atoms with Crippen LogP contribution in [0.4, 0.5) is 0 Å². The van der Waals surface area contributed by atoms with E-state index < -0.39 is 9.05 Å². The molecule has 1 unspecified atom stereocenters. The molecule has 1 atom stereocenters. The van der Waals surface area contributed by atoms with Crippen LogP contribution in [0.5, 0.6) is 0 Å². The van der Waals surface area contributed by atoms with Crippen molar-refractivity contribution in [2.24, 2.45) is 0 Å². The molecule has 13 heavy (non-hydrogen) atoms. The Kier molecular flexibility index (Phi) is 6.32. The monoisotopic (exact) mass is 226 g/mol. The molecule has 0 aliphatic heterocycles. The van der Waals surface area contributed by atoms with Gasteiger partial charge < -0.3 is 4.55 Å². The Morgan fingerprint density at radius 2 is 1.92 bits per heavy atom. The zero-order valence-electron chi connectivity index (χ0n) is 7.14. The van der Waals surface area contributed by atoms with Crippen LogP contribution in [0.15, 0.2) is 30.3 Å². The Labute approximate surface area is 104 Å². The van der Waals surface area contributed by atoms with Gasteiger partial charge in [-0.25, -0.2) is 4.21 Å². The molecule has 0 heterocycles. The normalized spacial score (nSPS) is 14.2. The van der Waals surface area contributed by atoms with E-state index >= 15 is 0 Å². The Balaban J connectivity index is 0.00000144. The standard InChI is InChI=1S/C7H8O3S2.Na/c8-12(9,11)10-6-7-4-2-1-3-5-7;/h1-5H,6H2,(H,8,9,11);/q;+1/p-1. The first kappa shape index (κ1) is 13.5. The van der Waals surface area contributed by atoms with E-state index in [4.69, 9.17) is 0 Å². The average molecular weight is 226 g/mol. The van der Waals surface area contributed by atoms with Crippen LogP contribution in [-0.4, -0.2) is 8.76 Å². The summed E-state index contributed by atoms with van der Waals surface area (Å²) in [5, 5.41) is 0. The van der Waals surface area contributed by atoms with Crippen LogP contribution >= 0.6 is 0 Å². The van der Waals surface area contributed by atoms with Crippen molar-refractivity contribution in [3.63, 3.8) is 0 Å². The second-order valence-corrected chi connectivity index (χ2v) is 4.43. The quantitative estimate of drug-likeness (QED) is 0.559. The van der Waals surface area contributed by atoms with Crippen molar-refractivity contribution in [3.8, 4) is 0 Å². The molecular weight excluding hydrogens is 219 g/mol. The Morgan fingerprint density at radius 3 is 2.38 bits per heavy atom. The third-order valence-electron chi connectivity index (χ3n) is 1.21. The molecule has 0 radical (unpaired) electrons. The summed E-state index contributed by atoms with van der Waals surface area (Å²) in [6.45, 7) is 0.00662. The van der Waals surface area contributed by atoms with Gasteiger partial charge in [0.05, 0.1) is 15.7 Å². The molecule has 1 aromatic rings. The van der Waals surface area contributed by atoms with Crippen molar-refractivity contribution in [1.82, 2.24) is 0 Å². The van der Waals surface area contributed by atoms with E-state index in [0.717, 1.165) is 5.56 Å². The summed E-state index contributed by atoms with van der Waals surface area (Å²) in [5.41, 5.74) is 0.783. The maximum atomic E-state index is 10.4. The molecular formula is C7H7NaO3S2. The van der Waals surface area contributed by atoms with Crippen LogP contribution in [0, 0.1) is 0 Å².